The average Bonchev–Trinajstić information content (AvgIpc) is 2.63. The monoisotopic (exact) mass is 369 g/mol. The van der Waals surface area contributed by atoms with Gasteiger partial charge < -0.3 is 10.2 Å². The third kappa shape index (κ3) is 3.58. The highest BCUT2D eigenvalue weighted by atomic mass is 32.2. The number of benzene rings is 3. The highest BCUT2D eigenvalue weighted by Crippen LogP contribution is 2.32. The Morgan fingerprint density at radius 3 is 1.96 bits per heavy atom. The first-order valence-electron chi connectivity index (χ1n) is 7.60. The fraction of sp³-hybridized carbons (Fsp3) is 0. The molecule has 3 N–H and O–H groups in total. The summed E-state index contributed by atoms with van der Waals surface area (Å²) in [6.45, 7) is 0. The Balaban J connectivity index is 1.97. The van der Waals surface area contributed by atoms with E-state index in [9.17, 15) is 18.7 Å². The van der Waals surface area contributed by atoms with E-state index in [2.05, 4.69) is 0 Å². The maximum Gasteiger partial charge on any atom is 0.339 e. The molecule has 0 aliphatic carbocycles. The molecule has 0 heterocycles. The first-order chi connectivity index (χ1) is 12.5. The van der Waals surface area contributed by atoms with Crippen LogP contribution in [0.5, 0.6) is 5.75 Å². The number of rotatable bonds is 5. The zero-order valence-corrected chi connectivity index (χ0v) is 14.3. The van der Waals surface area contributed by atoms with Gasteiger partial charge in [-0.3, -0.25) is 4.55 Å². The summed E-state index contributed by atoms with van der Waals surface area (Å²) in [7, 11) is 0. The number of carbonyl (C=O) groups is 1. The lowest BCUT2D eigenvalue weighted by molar-refractivity contribution is 0.0694. The Morgan fingerprint density at radius 2 is 1.42 bits per heavy atom. The van der Waals surface area contributed by atoms with Gasteiger partial charge >= 0.3 is 5.97 Å². The molecule has 0 bridgehead atoms. The summed E-state index contributed by atoms with van der Waals surface area (Å²) < 4.78 is 22.6. The minimum atomic E-state index is -2.41. The van der Waals surface area contributed by atoms with Crippen LogP contribution in [0.3, 0.4) is 0 Å². The molecule has 0 radical (unpaired) electrons. The van der Waals surface area contributed by atoms with Crippen molar-refractivity contribution in [2.45, 2.75) is 0 Å². The first-order valence-corrected chi connectivity index (χ1v) is 8.66. The lowest BCUT2D eigenvalue weighted by Gasteiger charge is -2.21. The number of phenols is 1. The summed E-state index contributed by atoms with van der Waals surface area (Å²) in [5.74, 6) is -1.76. The Kier molecular flexibility index (Phi) is 5.01. The van der Waals surface area contributed by atoms with E-state index in [1.165, 1.54) is 12.1 Å². The number of aromatic hydroxyl groups is 1. The standard InChI is InChI=1S/C19H15NO5S/c21-18-12-16(10-11-17(18)19(22)23)20(26(24)25)15-8-6-14(7-9-15)13-4-2-1-3-5-13/h1-12,21H,(H,22,23)(H,24,25). The van der Waals surface area contributed by atoms with Gasteiger partial charge in [-0.2, -0.15) is 0 Å². The number of anilines is 2. The van der Waals surface area contributed by atoms with E-state index < -0.39 is 23.0 Å². The van der Waals surface area contributed by atoms with Gasteiger partial charge in [-0.15, -0.1) is 0 Å². The van der Waals surface area contributed by atoms with Gasteiger partial charge in [0.25, 0.3) is 11.3 Å². The van der Waals surface area contributed by atoms with Crippen LogP contribution in [0.1, 0.15) is 10.4 Å². The van der Waals surface area contributed by atoms with Crippen LogP contribution in [0.25, 0.3) is 11.1 Å². The van der Waals surface area contributed by atoms with Gasteiger partial charge in [0.05, 0.1) is 11.4 Å². The zero-order chi connectivity index (χ0) is 18.7. The predicted octanol–water partition coefficient (Wildman–Crippen LogP) is 4.03. The van der Waals surface area contributed by atoms with Crippen molar-refractivity contribution in [2.75, 3.05) is 4.31 Å². The van der Waals surface area contributed by atoms with Gasteiger partial charge in [-0.25, -0.2) is 13.3 Å². The van der Waals surface area contributed by atoms with E-state index in [1.807, 2.05) is 42.5 Å². The van der Waals surface area contributed by atoms with Crippen LogP contribution < -0.4 is 4.31 Å². The Hall–Kier alpha value is -3.16. The smallest absolute Gasteiger partial charge is 0.339 e. The maximum absolute atomic E-state index is 11.8. The Morgan fingerprint density at radius 1 is 0.846 bits per heavy atom. The van der Waals surface area contributed by atoms with E-state index >= 15 is 0 Å². The van der Waals surface area contributed by atoms with Crippen LogP contribution in [0.15, 0.2) is 72.8 Å². The normalized spacial score (nSPS) is 11.7. The summed E-state index contributed by atoms with van der Waals surface area (Å²) in [5, 5.41) is 18.8. The van der Waals surface area contributed by atoms with Gasteiger partial charge in [-0.05, 0) is 35.4 Å². The topological polar surface area (TPSA) is 98.1 Å². The second kappa shape index (κ2) is 7.38. The summed E-state index contributed by atoms with van der Waals surface area (Å²) in [6.07, 6.45) is 0. The van der Waals surface area contributed by atoms with Gasteiger partial charge in [0.2, 0.25) is 0 Å². The minimum Gasteiger partial charge on any atom is -0.507 e. The van der Waals surface area contributed by atoms with Crippen molar-refractivity contribution < 1.29 is 23.8 Å². The average molecular weight is 369 g/mol. The predicted molar refractivity (Wildman–Crippen MR) is 99.9 cm³/mol. The van der Waals surface area contributed by atoms with Crippen LogP contribution in [-0.4, -0.2) is 24.9 Å². The fourth-order valence-electron chi connectivity index (χ4n) is 2.58. The molecule has 3 rings (SSSR count). The molecule has 6 nitrogen and oxygen atoms in total. The molecule has 0 fully saturated rings. The second-order valence-electron chi connectivity index (χ2n) is 5.44. The fourth-order valence-corrected chi connectivity index (χ4v) is 3.17. The van der Waals surface area contributed by atoms with E-state index in [4.69, 9.17) is 5.11 Å². The molecule has 26 heavy (non-hydrogen) atoms. The summed E-state index contributed by atoms with van der Waals surface area (Å²) in [5.41, 5.74) is 2.30. The Labute approximate surface area is 152 Å². The zero-order valence-electron chi connectivity index (χ0n) is 13.4. The molecule has 1 unspecified atom stereocenters. The molecular weight excluding hydrogens is 354 g/mol. The number of nitrogens with zero attached hydrogens (tertiary/aromatic N) is 1. The molecule has 0 spiro atoms. The number of carboxylic acid groups (broad SMARTS) is 1. The van der Waals surface area contributed by atoms with Crippen LogP contribution >= 0.6 is 0 Å². The van der Waals surface area contributed by atoms with Gasteiger partial charge in [-0.1, -0.05) is 42.5 Å². The van der Waals surface area contributed by atoms with Gasteiger partial charge in [0, 0.05) is 6.07 Å². The molecule has 0 aromatic heterocycles. The summed E-state index contributed by atoms with van der Waals surface area (Å²) in [6, 6.07) is 20.4. The van der Waals surface area contributed by atoms with Crippen LogP contribution in [0.4, 0.5) is 11.4 Å². The first kappa shape index (κ1) is 17.7. The minimum absolute atomic E-state index is 0.195. The van der Waals surface area contributed by atoms with Crippen LogP contribution in [0, 0.1) is 0 Å². The second-order valence-corrected chi connectivity index (χ2v) is 6.27. The Bertz CT molecular complexity index is 957. The lowest BCUT2D eigenvalue weighted by Crippen LogP contribution is -2.19. The molecule has 3 aromatic carbocycles. The lowest BCUT2D eigenvalue weighted by atomic mass is 10.1. The molecular formula is C19H15NO5S. The van der Waals surface area contributed by atoms with Crippen molar-refractivity contribution in [2.24, 2.45) is 0 Å². The summed E-state index contributed by atoms with van der Waals surface area (Å²) >= 11 is -2.41. The molecule has 1 atom stereocenters. The summed E-state index contributed by atoms with van der Waals surface area (Å²) in [4.78, 5) is 11.0. The molecule has 3 aromatic rings. The van der Waals surface area contributed by atoms with E-state index in [-0.39, 0.29) is 11.3 Å². The van der Waals surface area contributed by atoms with Crippen molar-refractivity contribution in [3.8, 4) is 16.9 Å². The molecule has 0 saturated carbocycles. The highest BCUT2D eigenvalue weighted by Gasteiger charge is 2.18. The van der Waals surface area contributed by atoms with Crippen molar-refractivity contribution in [1.82, 2.24) is 0 Å². The van der Waals surface area contributed by atoms with E-state index in [0.29, 0.717) is 5.69 Å². The largest absolute Gasteiger partial charge is 0.507 e. The molecule has 0 saturated heterocycles. The van der Waals surface area contributed by atoms with Gasteiger partial charge in [0.1, 0.15) is 11.3 Å². The van der Waals surface area contributed by atoms with E-state index in [0.717, 1.165) is 21.5 Å². The van der Waals surface area contributed by atoms with Crippen molar-refractivity contribution in [1.29, 1.82) is 0 Å². The number of carboxylic acids is 1. The molecule has 0 aliphatic heterocycles. The van der Waals surface area contributed by atoms with Gasteiger partial charge in [0.15, 0.2) is 0 Å². The van der Waals surface area contributed by atoms with Crippen LogP contribution in [-0.2, 0) is 11.3 Å². The highest BCUT2D eigenvalue weighted by molar-refractivity contribution is 7.81. The molecule has 7 heteroatoms. The third-order valence-electron chi connectivity index (χ3n) is 3.81. The van der Waals surface area contributed by atoms with Crippen molar-refractivity contribution in [3.05, 3.63) is 78.4 Å². The van der Waals surface area contributed by atoms with Crippen molar-refractivity contribution in [3.63, 3.8) is 0 Å². The van der Waals surface area contributed by atoms with Crippen molar-refractivity contribution >= 4 is 28.6 Å². The van der Waals surface area contributed by atoms with E-state index in [1.54, 1.807) is 12.1 Å². The number of hydrogen-bond donors (Lipinski definition) is 3. The SMILES string of the molecule is O=C(O)c1ccc(N(c2ccc(-c3ccccc3)cc2)S(=O)O)cc1O. The molecule has 0 aliphatic rings. The third-order valence-corrected chi connectivity index (χ3v) is 4.55. The van der Waals surface area contributed by atoms with Crippen LogP contribution in [0.2, 0.25) is 0 Å². The number of aromatic carboxylic acids is 1. The molecule has 132 valence electrons. The maximum atomic E-state index is 11.8. The quantitative estimate of drug-likeness (QED) is 0.590. The number of hydrogen-bond acceptors (Lipinski definition) is 3. The molecule has 0 amide bonds.